The molecule has 1 aromatic rings. The molecule has 0 atom stereocenters. The third-order valence-corrected chi connectivity index (χ3v) is 3.30. The summed E-state index contributed by atoms with van der Waals surface area (Å²) < 4.78 is 0.966. The molecular weight excluding hydrogens is 291 g/mol. The van der Waals surface area contributed by atoms with Gasteiger partial charge in [0.25, 0.3) is 0 Å². The number of alkyl halides is 1. The summed E-state index contributed by atoms with van der Waals surface area (Å²) in [5.74, 6) is 0. The zero-order valence-electron chi connectivity index (χ0n) is 6.00. The predicted molar refractivity (Wildman–Crippen MR) is 56.5 cm³/mol. The van der Waals surface area contributed by atoms with Gasteiger partial charge in [0.15, 0.2) is 0 Å². The van der Waals surface area contributed by atoms with E-state index in [4.69, 9.17) is 11.6 Å². The Bertz CT molecular complexity index is 271. The second-order valence-corrected chi connectivity index (χ2v) is 4.15. The highest BCUT2D eigenvalue weighted by Gasteiger charge is 2.03. The van der Waals surface area contributed by atoms with Crippen molar-refractivity contribution in [3.63, 3.8) is 0 Å². The first-order valence-electron chi connectivity index (χ1n) is 3.15. The fraction of sp³-hybridized carbons (Fsp3) is 0.250. The van der Waals surface area contributed by atoms with Gasteiger partial charge < -0.3 is 0 Å². The average molecular weight is 298 g/mol. The van der Waals surface area contributed by atoms with Crippen molar-refractivity contribution in [2.75, 3.05) is 0 Å². The lowest BCUT2D eigenvalue weighted by Gasteiger charge is -2.03. The standard InChI is InChI=1S/C8H7Br2Cl/c1-5-2-6(4-9)8(11)7(10)3-5/h2-3H,4H2,1H3. The van der Waals surface area contributed by atoms with Gasteiger partial charge in [0, 0.05) is 9.80 Å². The van der Waals surface area contributed by atoms with Crippen LogP contribution < -0.4 is 0 Å². The molecule has 0 unspecified atom stereocenters. The van der Waals surface area contributed by atoms with Crippen molar-refractivity contribution in [2.24, 2.45) is 0 Å². The van der Waals surface area contributed by atoms with E-state index in [9.17, 15) is 0 Å². The van der Waals surface area contributed by atoms with Gasteiger partial charge >= 0.3 is 0 Å². The number of benzene rings is 1. The molecule has 0 aliphatic heterocycles. The zero-order valence-corrected chi connectivity index (χ0v) is 9.92. The van der Waals surface area contributed by atoms with Crippen LogP contribution in [0.25, 0.3) is 0 Å². The predicted octanol–water partition coefficient (Wildman–Crippen LogP) is 4.31. The third-order valence-electron chi connectivity index (χ3n) is 1.39. The minimum Gasteiger partial charge on any atom is -0.0876 e. The Balaban J connectivity index is 3.24. The van der Waals surface area contributed by atoms with Crippen LogP contribution in [0, 0.1) is 6.92 Å². The van der Waals surface area contributed by atoms with Crippen LogP contribution >= 0.6 is 43.5 Å². The average Bonchev–Trinajstić information content (AvgIpc) is 1.96. The summed E-state index contributed by atoms with van der Waals surface area (Å²) in [5, 5.41) is 1.60. The van der Waals surface area contributed by atoms with Gasteiger partial charge in [0.1, 0.15) is 0 Å². The highest BCUT2D eigenvalue weighted by atomic mass is 79.9. The minimum atomic E-state index is 0.798. The van der Waals surface area contributed by atoms with Crippen molar-refractivity contribution in [3.05, 3.63) is 32.8 Å². The van der Waals surface area contributed by atoms with Gasteiger partial charge in [0.2, 0.25) is 0 Å². The van der Waals surface area contributed by atoms with Crippen molar-refractivity contribution in [1.82, 2.24) is 0 Å². The van der Waals surface area contributed by atoms with Crippen molar-refractivity contribution in [1.29, 1.82) is 0 Å². The second-order valence-electron chi connectivity index (χ2n) is 2.35. The monoisotopic (exact) mass is 296 g/mol. The smallest absolute Gasteiger partial charge is 0.0588 e. The van der Waals surface area contributed by atoms with Crippen LogP contribution in [-0.4, -0.2) is 0 Å². The number of hydrogen-bond acceptors (Lipinski definition) is 0. The maximum Gasteiger partial charge on any atom is 0.0588 e. The van der Waals surface area contributed by atoms with Crippen LogP contribution in [0.2, 0.25) is 5.02 Å². The molecule has 1 rings (SSSR count). The Hall–Kier alpha value is 0.470. The molecule has 11 heavy (non-hydrogen) atoms. The maximum atomic E-state index is 5.99. The van der Waals surface area contributed by atoms with Crippen LogP contribution in [-0.2, 0) is 5.33 Å². The van der Waals surface area contributed by atoms with E-state index in [0.29, 0.717) is 0 Å². The molecule has 1 aromatic carbocycles. The topological polar surface area (TPSA) is 0 Å². The number of hydrogen-bond donors (Lipinski definition) is 0. The normalized spacial score (nSPS) is 10.2. The Morgan fingerprint density at radius 2 is 2.09 bits per heavy atom. The van der Waals surface area contributed by atoms with E-state index >= 15 is 0 Å². The third kappa shape index (κ3) is 2.20. The second kappa shape index (κ2) is 3.92. The lowest BCUT2D eigenvalue weighted by atomic mass is 10.2. The molecule has 3 heteroatoms. The van der Waals surface area contributed by atoms with Crippen molar-refractivity contribution >= 4 is 43.5 Å². The lowest BCUT2D eigenvalue weighted by Crippen LogP contribution is -1.83. The Labute approximate surface area is 88.2 Å². The maximum absolute atomic E-state index is 5.99. The molecule has 60 valence electrons. The molecule has 0 spiro atoms. The quantitative estimate of drug-likeness (QED) is 0.678. The molecule has 0 bridgehead atoms. The first-order chi connectivity index (χ1) is 5.15. The molecule has 0 aliphatic rings. The molecule has 0 saturated carbocycles. The van der Waals surface area contributed by atoms with Gasteiger partial charge in [-0.15, -0.1) is 0 Å². The summed E-state index contributed by atoms with van der Waals surface area (Å²) in [6, 6.07) is 4.08. The summed E-state index contributed by atoms with van der Waals surface area (Å²) in [7, 11) is 0. The largest absolute Gasteiger partial charge is 0.0876 e. The highest BCUT2D eigenvalue weighted by molar-refractivity contribution is 9.10. The van der Waals surface area contributed by atoms with E-state index in [1.807, 2.05) is 13.0 Å². The Morgan fingerprint density at radius 3 is 2.64 bits per heavy atom. The van der Waals surface area contributed by atoms with E-state index < -0.39 is 0 Å². The molecule has 0 aliphatic carbocycles. The summed E-state index contributed by atoms with van der Waals surface area (Å²) >= 11 is 12.7. The van der Waals surface area contributed by atoms with Crippen LogP contribution in [0.4, 0.5) is 0 Å². The van der Waals surface area contributed by atoms with Crippen LogP contribution in [0.1, 0.15) is 11.1 Å². The molecule has 0 aromatic heterocycles. The van der Waals surface area contributed by atoms with Crippen molar-refractivity contribution in [2.45, 2.75) is 12.3 Å². The van der Waals surface area contributed by atoms with E-state index in [2.05, 4.69) is 37.9 Å². The van der Waals surface area contributed by atoms with E-state index in [0.717, 1.165) is 20.4 Å². The van der Waals surface area contributed by atoms with Gasteiger partial charge in [-0.2, -0.15) is 0 Å². The molecule has 0 nitrogen and oxygen atoms in total. The van der Waals surface area contributed by atoms with Crippen molar-refractivity contribution < 1.29 is 0 Å². The molecule has 0 radical (unpaired) electrons. The van der Waals surface area contributed by atoms with Gasteiger partial charge in [0.05, 0.1) is 5.02 Å². The summed E-state index contributed by atoms with van der Waals surface area (Å²) in [4.78, 5) is 0. The summed E-state index contributed by atoms with van der Waals surface area (Å²) in [6.45, 7) is 2.05. The number of aryl methyl sites for hydroxylation is 1. The zero-order chi connectivity index (χ0) is 8.43. The first-order valence-corrected chi connectivity index (χ1v) is 5.45. The molecule has 0 heterocycles. The van der Waals surface area contributed by atoms with E-state index in [1.54, 1.807) is 0 Å². The van der Waals surface area contributed by atoms with E-state index in [1.165, 1.54) is 5.56 Å². The van der Waals surface area contributed by atoms with Crippen LogP contribution in [0.5, 0.6) is 0 Å². The van der Waals surface area contributed by atoms with Gasteiger partial charge in [-0.1, -0.05) is 33.6 Å². The fourth-order valence-corrected chi connectivity index (χ4v) is 2.29. The molecule has 0 saturated heterocycles. The first kappa shape index (κ1) is 9.56. The Kier molecular flexibility index (Phi) is 3.41. The van der Waals surface area contributed by atoms with Crippen molar-refractivity contribution in [3.8, 4) is 0 Å². The van der Waals surface area contributed by atoms with E-state index in [-0.39, 0.29) is 0 Å². The molecule has 0 amide bonds. The lowest BCUT2D eigenvalue weighted by molar-refractivity contribution is 1.35. The fourth-order valence-electron chi connectivity index (χ4n) is 0.894. The number of halogens is 3. The SMILES string of the molecule is Cc1cc(Br)c(Cl)c(CBr)c1. The number of rotatable bonds is 1. The van der Waals surface area contributed by atoms with Crippen LogP contribution in [0.3, 0.4) is 0 Å². The Morgan fingerprint density at radius 1 is 1.45 bits per heavy atom. The molecular formula is C8H7Br2Cl. The van der Waals surface area contributed by atoms with Gasteiger partial charge in [-0.3, -0.25) is 0 Å². The highest BCUT2D eigenvalue weighted by Crippen LogP contribution is 2.28. The molecule has 0 fully saturated rings. The van der Waals surface area contributed by atoms with Gasteiger partial charge in [-0.05, 0) is 40.0 Å². The van der Waals surface area contributed by atoms with Gasteiger partial charge in [-0.25, -0.2) is 0 Å². The minimum absolute atomic E-state index is 0.798. The molecule has 0 N–H and O–H groups in total. The summed E-state index contributed by atoms with van der Waals surface area (Å²) in [5.41, 5.74) is 2.34. The van der Waals surface area contributed by atoms with Crippen LogP contribution in [0.15, 0.2) is 16.6 Å². The summed E-state index contributed by atoms with van der Waals surface area (Å²) in [6.07, 6.45) is 0.